The number of nitrogens with zero attached hydrogens (tertiary/aromatic N) is 1. The van der Waals surface area contributed by atoms with Crippen LogP contribution in [0.2, 0.25) is 0 Å². The van der Waals surface area contributed by atoms with Crippen molar-refractivity contribution in [3.8, 4) is 17.2 Å². The van der Waals surface area contributed by atoms with Gasteiger partial charge in [0.25, 0.3) is 0 Å². The molecule has 0 bridgehead atoms. The summed E-state index contributed by atoms with van der Waals surface area (Å²) in [4.78, 5) is 4.03. The molecule has 0 amide bonds. The largest absolute Gasteiger partial charge is 0.508 e. The fourth-order valence-electron chi connectivity index (χ4n) is 3.05. The van der Waals surface area contributed by atoms with Crippen LogP contribution in [0.1, 0.15) is 18.1 Å². The van der Waals surface area contributed by atoms with Crippen molar-refractivity contribution in [1.82, 2.24) is 4.98 Å². The number of pyridine rings is 1. The van der Waals surface area contributed by atoms with Crippen LogP contribution in [-0.4, -0.2) is 20.3 Å². The van der Waals surface area contributed by atoms with Crippen LogP contribution in [0, 0.1) is 0 Å². The zero-order chi connectivity index (χ0) is 22.3. The molecular formula is C27H25NO3. The number of aromatic nitrogens is 1. The summed E-state index contributed by atoms with van der Waals surface area (Å²) in [5, 5.41) is 28.9. The Bertz CT molecular complexity index is 1180. The van der Waals surface area contributed by atoms with Crippen LogP contribution < -0.4 is 0 Å². The molecule has 0 spiro atoms. The number of fused-ring (bicyclic) bond motifs is 1. The molecule has 1 unspecified atom stereocenters. The first-order valence-corrected chi connectivity index (χ1v) is 9.85. The van der Waals surface area contributed by atoms with Gasteiger partial charge in [0, 0.05) is 17.0 Å². The Morgan fingerprint density at radius 3 is 2.03 bits per heavy atom. The van der Waals surface area contributed by atoms with Crippen LogP contribution in [0.5, 0.6) is 17.2 Å². The fraction of sp³-hybridized carbons (Fsp3) is 0.0741. The second kappa shape index (κ2) is 9.63. The van der Waals surface area contributed by atoms with Crippen molar-refractivity contribution in [2.45, 2.75) is 12.3 Å². The summed E-state index contributed by atoms with van der Waals surface area (Å²) in [6.07, 6.45) is 7.59. The third kappa shape index (κ3) is 5.52. The number of phenols is 3. The molecule has 4 rings (SSSR count). The molecular weight excluding hydrogens is 386 g/mol. The zero-order valence-corrected chi connectivity index (χ0v) is 17.3. The average Bonchev–Trinajstić information content (AvgIpc) is 2.80. The van der Waals surface area contributed by atoms with Crippen molar-refractivity contribution in [3.63, 3.8) is 0 Å². The molecule has 3 aromatic carbocycles. The highest BCUT2D eigenvalue weighted by atomic mass is 16.3. The first-order valence-electron chi connectivity index (χ1n) is 9.85. The maximum Gasteiger partial charge on any atom is 0.141 e. The monoisotopic (exact) mass is 411 g/mol. The number of allylic oxidation sites excluding steroid dienone is 2. The van der Waals surface area contributed by atoms with Gasteiger partial charge < -0.3 is 15.3 Å². The molecule has 4 aromatic rings. The van der Waals surface area contributed by atoms with E-state index in [0.29, 0.717) is 5.52 Å². The lowest BCUT2D eigenvalue weighted by Gasteiger charge is -2.22. The van der Waals surface area contributed by atoms with Gasteiger partial charge in [0.15, 0.2) is 0 Å². The molecule has 0 aliphatic carbocycles. The number of hydrogen-bond acceptors (Lipinski definition) is 4. The van der Waals surface area contributed by atoms with Crippen LogP contribution in [0.25, 0.3) is 17.0 Å². The smallest absolute Gasteiger partial charge is 0.141 e. The first kappa shape index (κ1) is 21.7. The van der Waals surface area contributed by atoms with E-state index in [2.05, 4.69) is 24.6 Å². The third-order valence-corrected chi connectivity index (χ3v) is 5.04. The van der Waals surface area contributed by atoms with E-state index in [-0.39, 0.29) is 22.7 Å². The summed E-state index contributed by atoms with van der Waals surface area (Å²) < 4.78 is 0. The number of hydrogen-bond donors (Lipinski definition) is 3. The molecule has 4 heteroatoms. The van der Waals surface area contributed by atoms with Crippen LogP contribution in [0.4, 0.5) is 0 Å². The van der Waals surface area contributed by atoms with Gasteiger partial charge in [-0.3, -0.25) is 4.98 Å². The van der Waals surface area contributed by atoms with Gasteiger partial charge in [0.2, 0.25) is 0 Å². The van der Waals surface area contributed by atoms with Gasteiger partial charge in [0.05, 0.1) is 0 Å². The Labute approximate surface area is 182 Å². The minimum atomic E-state index is -0.314. The van der Waals surface area contributed by atoms with Crippen molar-refractivity contribution in [3.05, 3.63) is 115 Å². The SMILES string of the molecule is C=CC(C)(/C=C\c1ccc(O)cc1)c1ccc(O)cc1.Oc1cccc2cccnc12. The Morgan fingerprint density at radius 2 is 1.42 bits per heavy atom. The summed E-state index contributed by atoms with van der Waals surface area (Å²) >= 11 is 0. The van der Waals surface area contributed by atoms with Crippen LogP contribution >= 0.6 is 0 Å². The molecule has 4 nitrogen and oxygen atoms in total. The molecule has 0 fully saturated rings. The molecule has 0 saturated carbocycles. The van der Waals surface area contributed by atoms with Gasteiger partial charge in [0.1, 0.15) is 22.8 Å². The molecule has 1 heterocycles. The molecule has 156 valence electrons. The van der Waals surface area contributed by atoms with E-state index in [1.807, 2.05) is 54.6 Å². The minimum Gasteiger partial charge on any atom is -0.508 e. The lowest BCUT2D eigenvalue weighted by molar-refractivity contribution is 0.474. The highest BCUT2D eigenvalue weighted by Gasteiger charge is 2.19. The van der Waals surface area contributed by atoms with Crippen molar-refractivity contribution < 1.29 is 15.3 Å². The van der Waals surface area contributed by atoms with Gasteiger partial charge in [-0.2, -0.15) is 0 Å². The van der Waals surface area contributed by atoms with E-state index in [1.165, 1.54) is 0 Å². The number of benzene rings is 3. The molecule has 1 aromatic heterocycles. The number of aromatic hydroxyl groups is 3. The molecule has 0 radical (unpaired) electrons. The Hall–Kier alpha value is -4.05. The second-order valence-corrected chi connectivity index (χ2v) is 7.31. The Morgan fingerprint density at radius 1 is 0.806 bits per heavy atom. The molecule has 0 aliphatic rings. The van der Waals surface area contributed by atoms with Crippen molar-refractivity contribution in [2.75, 3.05) is 0 Å². The molecule has 0 saturated heterocycles. The summed E-state index contributed by atoms with van der Waals surface area (Å²) in [7, 11) is 0. The van der Waals surface area contributed by atoms with Gasteiger partial charge in [-0.05, 0) is 54.4 Å². The molecule has 31 heavy (non-hydrogen) atoms. The Balaban J connectivity index is 0.000000207. The maximum absolute atomic E-state index is 9.36. The highest BCUT2D eigenvalue weighted by molar-refractivity contribution is 5.83. The van der Waals surface area contributed by atoms with E-state index >= 15 is 0 Å². The van der Waals surface area contributed by atoms with Crippen molar-refractivity contribution in [2.24, 2.45) is 0 Å². The van der Waals surface area contributed by atoms with E-state index in [4.69, 9.17) is 0 Å². The van der Waals surface area contributed by atoms with E-state index in [1.54, 1.807) is 42.6 Å². The van der Waals surface area contributed by atoms with E-state index in [0.717, 1.165) is 16.5 Å². The van der Waals surface area contributed by atoms with Crippen LogP contribution in [-0.2, 0) is 5.41 Å². The Kier molecular flexibility index (Phi) is 6.73. The third-order valence-electron chi connectivity index (χ3n) is 5.04. The summed E-state index contributed by atoms with van der Waals surface area (Å²) in [5.41, 5.74) is 2.41. The fourth-order valence-corrected chi connectivity index (χ4v) is 3.05. The second-order valence-electron chi connectivity index (χ2n) is 7.31. The first-order chi connectivity index (χ1) is 14.9. The maximum atomic E-state index is 9.36. The topological polar surface area (TPSA) is 73.6 Å². The van der Waals surface area contributed by atoms with Gasteiger partial charge in [-0.1, -0.05) is 60.7 Å². The highest BCUT2D eigenvalue weighted by Crippen LogP contribution is 2.29. The van der Waals surface area contributed by atoms with Crippen LogP contribution in [0.15, 0.2) is 104 Å². The summed E-state index contributed by atoms with van der Waals surface area (Å²) in [6.45, 7) is 5.96. The van der Waals surface area contributed by atoms with Crippen molar-refractivity contribution >= 4 is 17.0 Å². The van der Waals surface area contributed by atoms with Gasteiger partial charge in [-0.25, -0.2) is 0 Å². The predicted molar refractivity (Wildman–Crippen MR) is 126 cm³/mol. The standard InChI is InChI=1S/C18H18O2.C9H7NO/c1-3-18(2,15-6-10-17(20)11-7-15)13-12-14-4-8-16(19)9-5-14;11-8-5-1-3-7-4-2-6-10-9(7)8/h3-13,19-20H,1H2,2H3;1-6,11H/b13-12-;. The average molecular weight is 412 g/mol. The molecule has 1 atom stereocenters. The lowest BCUT2D eigenvalue weighted by atomic mass is 9.82. The normalized spacial score (nSPS) is 12.7. The zero-order valence-electron chi connectivity index (χ0n) is 17.3. The minimum absolute atomic E-state index is 0.239. The van der Waals surface area contributed by atoms with Gasteiger partial charge >= 0.3 is 0 Å². The number of para-hydroxylation sites is 1. The van der Waals surface area contributed by atoms with E-state index in [9.17, 15) is 15.3 Å². The quantitative estimate of drug-likeness (QED) is 0.350. The van der Waals surface area contributed by atoms with Gasteiger partial charge in [-0.15, -0.1) is 6.58 Å². The molecule has 0 aliphatic heterocycles. The summed E-state index contributed by atoms with van der Waals surface area (Å²) in [5.74, 6) is 0.748. The van der Waals surface area contributed by atoms with Crippen molar-refractivity contribution in [1.29, 1.82) is 0 Å². The van der Waals surface area contributed by atoms with Crippen LogP contribution in [0.3, 0.4) is 0 Å². The lowest BCUT2D eigenvalue weighted by Crippen LogP contribution is -2.14. The summed E-state index contributed by atoms with van der Waals surface area (Å²) in [6, 6.07) is 23.3. The van der Waals surface area contributed by atoms with E-state index < -0.39 is 0 Å². The number of rotatable bonds is 4. The predicted octanol–water partition coefficient (Wildman–Crippen LogP) is 6.20. The molecule has 3 N–H and O–H groups in total. The number of phenolic OH excluding ortho intramolecular Hbond substituents is 3.